The Kier molecular flexibility index (Phi) is 6.14. The van der Waals surface area contributed by atoms with Crippen LogP contribution in [-0.4, -0.2) is 22.8 Å². The van der Waals surface area contributed by atoms with Crippen LogP contribution in [0.2, 0.25) is 0 Å². The molecule has 158 valence electrons. The van der Waals surface area contributed by atoms with Crippen molar-refractivity contribution in [3.05, 3.63) is 95.3 Å². The van der Waals surface area contributed by atoms with Gasteiger partial charge >= 0.3 is 0 Å². The van der Waals surface area contributed by atoms with E-state index in [9.17, 15) is 9.50 Å². The highest BCUT2D eigenvalue weighted by Gasteiger charge is 2.19. The lowest BCUT2D eigenvalue weighted by Gasteiger charge is -2.15. The van der Waals surface area contributed by atoms with E-state index in [4.69, 9.17) is 4.99 Å². The second-order valence-electron chi connectivity index (χ2n) is 7.59. The zero-order valence-electron chi connectivity index (χ0n) is 17.7. The van der Waals surface area contributed by atoms with E-state index >= 15 is 0 Å². The van der Waals surface area contributed by atoms with Crippen LogP contribution in [0, 0.1) is 5.82 Å². The minimum absolute atomic E-state index is 0.0296. The van der Waals surface area contributed by atoms with Crippen LogP contribution in [-0.2, 0) is 0 Å². The molecule has 0 spiro atoms. The Labute approximate surface area is 181 Å². The molecule has 3 N–H and O–H groups in total. The summed E-state index contributed by atoms with van der Waals surface area (Å²) in [5.74, 6) is -0.390. The molecule has 1 unspecified atom stereocenters. The predicted octanol–water partition coefficient (Wildman–Crippen LogP) is 6.24. The van der Waals surface area contributed by atoms with Crippen molar-refractivity contribution in [2.75, 3.05) is 7.05 Å². The first-order valence-electron chi connectivity index (χ1n) is 10.5. The molecule has 3 aromatic carbocycles. The van der Waals surface area contributed by atoms with Crippen LogP contribution < -0.4 is 5.32 Å². The van der Waals surface area contributed by atoms with E-state index in [2.05, 4.69) is 29.4 Å². The number of hydrogen-bond acceptors (Lipinski definition) is 3. The lowest BCUT2D eigenvalue weighted by molar-refractivity contribution is 0.457. The smallest absolute Gasteiger partial charge is 0.199 e. The van der Waals surface area contributed by atoms with Gasteiger partial charge in [-0.1, -0.05) is 55.8 Å². The Bertz CT molecular complexity index is 1200. The highest BCUT2D eigenvalue weighted by Crippen LogP contribution is 2.32. The van der Waals surface area contributed by atoms with E-state index in [0.29, 0.717) is 22.8 Å². The molecule has 1 heterocycles. The van der Waals surface area contributed by atoms with E-state index < -0.39 is 0 Å². The van der Waals surface area contributed by atoms with Crippen molar-refractivity contribution in [2.24, 2.45) is 4.99 Å². The van der Waals surface area contributed by atoms with Crippen LogP contribution in [0.5, 0.6) is 5.88 Å². The maximum absolute atomic E-state index is 13.7. The zero-order valence-corrected chi connectivity index (χ0v) is 17.7. The SMILES string of the molecule is CCCC(NC)c1ccc(N=C(c2ccccc2)c2c(O)[nH]c3cc(F)ccc23)cc1. The quantitative estimate of drug-likeness (QED) is 0.313. The Morgan fingerprint density at radius 3 is 2.48 bits per heavy atom. The Balaban J connectivity index is 1.82. The van der Waals surface area contributed by atoms with Gasteiger partial charge in [0.15, 0.2) is 5.88 Å². The molecular formula is C26H26FN3O. The standard InChI is InChI=1S/C26H26FN3O/c1-3-7-22(28-2)17-10-13-20(14-11-17)29-25(18-8-5-4-6-9-18)24-21-15-12-19(27)16-23(21)30-26(24)31/h4-6,8-16,22,28,30-31H,3,7H2,1-2H3. The number of aromatic nitrogens is 1. The van der Waals surface area contributed by atoms with Gasteiger partial charge in [-0.3, -0.25) is 0 Å². The predicted molar refractivity (Wildman–Crippen MR) is 125 cm³/mol. The molecule has 1 atom stereocenters. The third kappa shape index (κ3) is 4.37. The van der Waals surface area contributed by atoms with Crippen molar-refractivity contribution < 1.29 is 9.50 Å². The molecule has 0 bridgehead atoms. The number of nitrogens with zero attached hydrogens (tertiary/aromatic N) is 1. The summed E-state index contributed by atoms with van der Waals surface area (Å²) in [5.41, 5.74) is 4.58. The topological polar surface area (TPSA) is 60.4 Å². The highest BCUT2D eigenvalue weighted by atomic mass is 19.1. The first kappa shape index (κ1) is 20.8. The Morgan fingerprint density at radius 1 is 1.06 bits per heavy atom. The number of aromatic amines is 1. The summed E-state index contributed by atoms with van der Waals surface area (Å²) in [6.07, 6.45) is 2.16. The van der Waals surface area contributed by atoms with E-state index in [1.807, 2.05) is 49.5 Å². The molecule has 0 aliphatic carbocycles. The molecular weight excluding hydrogens is 389 g/mol. The van der Waals surface area contributed by atoms with Crippen molar-refractivity contribution in [3.8, 4) is 5.88 Å². The third-order valence-corrected chi connectivity index (χ3v) is 5.49. The Morgan fingerprint density at radius 2 is 1.81 bits per heavy atom. The summed E-state index contributed by atoms with van der Waals surface area (Å²) in [4.78, 5) is 7.78. The van der Waals surface area contributed by atoms with Gasteiger partial charge in [0.25, 0.3) is 0 Å². The average molecular weight is 416 g/mol. The van der Waals surface area contributed by atoms with Crippen molar-refractivity contribution in [2.45, 2.75) is 25.8 Å². The summed E-state index contributed by atoms with van der Waals surface area (Å²) in [7, 11) is 1.97. The molecule has 31 heavy (non-hydrogen) atoms. The molecule has 0 aliphatic rings. The highest BCUT2D eigenvalue weighted by molar-refractivity contribution is 6.21. The van der Waals surface area contributed by atoms with Gasteiger partial charge in [0, 0.05) is 17.0 Å². The molecule has 0 saturated carbocycles. The molecule has 0 fully saturated rings. The molecule has 0 amide bonds. The summed E-state index contributed by atoms with van der Waals surface area (Å²) < 4.78 is 13.7. The number of aliphatic imine (C=N–C) groups is 1. The van der Waals surface area contributed by atoms with Crippen LogP contribution in [0.1, 0.15) is 42.5 Å². The number of hydrogen-bond donors (Lipinski definition) is 3. The van der Waals surface area contributed by atoms with Gasteiger partial charge in [-0.2, -0.15) is 0 Å². The Hall–Kier alpha value is -3.44. The maximum atomic E-state index is 13.7. The zero-order chi connectivity index (χ0) is 21.8. The second kappa shape index (κ2) is 9.14. The number of benzene rings is 3. The monoisotopic (exact) mass is 415 g/mol. The van der Waals surface area contributed by atoms with E-state index in [-0.39, 0.29) is 11.7 Å². The molecule has 4 nitrogen and oxygen atoms in total. The maximum Gasteiger partial charge on any atom is 0.199 e. The molecule has 0 radical (unpaired) electrons. The van der Waals surface area contributed by atoms with Crippen molar-refractivity contribution in [1.29, 1.82) is 0 Å². The first-order chi connectivity index (χ1) is 15.1. The summed E-state index contributed by atoms with van der Waals surface area (Å²) in [6.45, 7) is 2.18. The van der Waals surface area contributed by atoms with Crippen LogP contribution in [0.3, 0.4) is 0 Å². The van der Waals surface area contributed by atoms with Gasteiger partial charge in [0.05, 0.1) is 22.5 Å². The lowest BCUT2D eigenvalue weighted by Crippen LogP contribution is -2.15. The van der Waals surface area contributed by atoms with E-state index in [1.54, 1.807) is 6.07 Å². The molecule has 0 aliphatic heterocycles. The fourth-order valence-electron chi connectivity index (χ4n) is 3.93. The van der Waals surface area contributed by atoms with Gasteiger partial charge in [-0.25, -0.2) is 9.38 Å². The minimum Gasteiger partial charge on any atom is -0.494 e. The number of fused-ring (bicyclic) bond motifs is 1. The van der Waals surface area contributed by atoms with E-state index in [0.717, 1.165) is 29.5 Å². The first-order valence-corrected chi connectivity index (χ1v) is 10.5. The largest absolute Gasteiger partial charge is 0.494 e. The van der Waals surface area contributed by atoms with Crippen molar-refractivity contribution in [1.82, 2.24) is 10.3 Å². The molecule has 1 aromatic heterocycles. The van der Waals surface area contributed by atoms with Gasteiger partial charge in [0.1, 0.15) is 5.82 Å². The van der Waals surface area contributed by atoms with Crippen LogP contribution in [0.25, 0.3) is 10.9 Å². The number of nitrogens with one attached hydrogen (secondary N) is 2. The summed E-state index contributed by atoms with van der Waals surface area (Å²) in [6, 6.07) is 22.6. The van der Waals surface area contributed by atoms with Crippen molar-refractivity contribution in [3.63, 3.8) is 0 Å². The van der Waals surface area contributed by atoms with Gasteiger partial charge in [0.2, 0.25) is 0 Å². The van der Waals surface area contributed by atoms with Crippen molar-refractivity contribution >= 4 is 22.3 Å². The summed E-state index contributed by atoms with van der Waals surface area (Å²) >= 11 is 0. The van der Waals surface area contributed by atoms with Crippen LogP contribution >= 0.6 is 0 Å². The normalized spacial score (nSPS) is 12.9. The fourth-order valence-corrected chi connectivity index (χ4v) is 3.93. The number of rotatable bonds is 7. The summed E-state index contributed by atoms with van der Waals surface area (Å²) in [5, 5.41) is 14.8. The van der Waals surface area contributed by atoms with Gasteiger partial charge < -0.3 is 15.4 Å². The second-order valence-corrected chi connectivity index (χ2v) is 7.59. The third-order valence-electron chi connectivity index (χ3n) is 5.49. The average Bonchev–Trinajstić information content (AvgIpc) is 3.11. The minimum atomic E-state index is -0.361. The van der Waals surface area contributed by atoms with Crippen LogP contribution in [0.15, 0.2) is 77.8 Å². The lowest BCUT2D eigenvalue weighted by atomic mass is 10.00. The van der Waals surface area contributed by atoms with Gasteiger partial charge in [-0.15, -0.1) is 0 Å². The number of aromatic hydroxyl groups is 1. The van der Waals surface area contributed by atoms with Gasteiger partial charge in [-0.05, 0) is 49.4 Å². The number of H-pyrrole nitrogens is 1. The number of halogens is 1. The molecule has 0 saturated heterocycles. The van der Waals surface area contributed by atoms with E-state index in [1.165, 1.54) is 17.7 Å². The molecule has 4 aromatic rings. The van der Waals surface area contributed by atoms with Crippen LogP contribution in [0.4, 0.5) is 10.1 Å². The fraction of sp³-hybridized carbons (Fsp3) is 0.192. The molecule has 4 rings (SSSR count). The molecule has 5 heteroatoms.